The molecule has 18 heavy (non-hydrogen) atoms. The summed E-state index contributed by atoms with van der Waals surface area (Å²) in [5, 5.41) is 0. The van der Waals surface area contributed by atoms with Crippen molar-refractivity contribution in [3.63, 3.8) is 0 Å². The normalized spacial score (nSPS) is 17.5. The number of hydrogen-bond donors (Lipinski definition) is 0. The summed E-state index contributed by atoms with van der Waals surface area (Å²) in [6, 6.07) is 16.9. The van der Waals surface area contributed by atoms with Crippen LogP contribution in [0, 0.1) is 3.57 Å². The summed E-state index contributed by atoms with van der Waals surface area (Å²) in [6.07, 6.45) is 0. The lowest BCUT2D eigenvalue weighted by Crippen LogP contribution is -2.09. The van der Waals surface area contributed by atoms with Crippen molar-refractivity contribution in [2.45, 2.75) is 10.8 Å². The number of hydrogen-bond acceptors (Lipinski definition) is 2. The predicted octanol–water partition coefficient (Wildman–Crippen LogP) is 4.56. The van der Waals surface area contributed by atoms with Gasteiger partial charge in [0, 0.05) is 20.1 Å². The van der Waals surface area contributed by atoms with Crippen molar-refractivity contribution in [1.29, 1.82) is 0 Å². The minimum atomic E-state index is 0.519. The molecule has 0 fully saturated rings. The lowest BCUT2D eigenvalue weighted by molar-refractivity contribution is 0.298. The summed E-state index contributed by atoms with van der Waals surface area (Å²) in [6.45, 7) is 0.768. The Kier molecular flexibility index (Phi) is 3.80. The molecule has 0 bridgehead atoms. The molecule has 0 N–H and O–H groups in total. The topological polar surface area (TPSA) is 9.23 Å². The number of halogens is 1. The van der Waals surface area contributed by atoms with E-state index in [0.29, 0.717) is 5.92 Å². The molecule has 1 atom stereocenters. The first kappa shape index (κ1) is 12.4. The molecular formula is C15H13IOS. The third-order valence-electron chi connectivity index (χ3n) is 3.06. The Hall–Kier alpha value is -0.680. The number of rotatable bonds is 3. The molecule has 92 valence electrons. The average molecular weight is 368 g/mol. The third kappa shape index (κ3) is 2.67. The minimum Gasteiger partial charge on any atom is -0.493 e. The highest BCUT2D eigenvalue weighted by Gasteiger charge is 2.22. The van der Waals surface area contributed by atoms with Crippen LogP contribution in [0.3, 0.4) is 0 Å². The molecule has 3 rings (SSSR count). The Labute approximate surface area is 125 Å². The van der Waals surface area contributed by atoms with Crippen LogP contribution < -0.4 is 4.74 Å². The molecule has 1 aliphatic rings. The van der Waals surface area contributed by atoms with Gasteiger partial charge in [0.05, 0.1) is 6.61 Å². The van der Waals surface area contributed by atoms with Gasteiger partial charge in [-0.2, -0.15) is 0 Å². The van der Waals surface area contributed by atoms with E-state index in [1.165, 1.54) is 14.0 Å². The first-order valence-electron chi connectivity index (χ1n) is 5.93. The Balaban J connectivity index is 1.67. The van der Waals surface area contributed by atoms with Gasteiger partial charge in [0.15, 0.2) is 0 Å². The maximum Gasteiger partial charge on any atom is 0.119 e. The van der Waals surface area contributed by atoms with E-state index >= 15 is 0 Å². The van der Waals surface area contributed by atoms with E-state index in [2.05, 4.69) is 59.0 Å². The minimum absolute atomic E-state index is 0.519. The number of ether oxygens (including phenoxy) is 1. The Morgan fingerprint density at radius 1 is 1.11 bits per heavy atom. The number of benzene rings is 2. The maximum absolute atomic E-state index is 5.89. The lowest BCUT2D eigenvalue weighted by Gasteiger charge is -2.12. The van der Waals surface area contributed by atoms with Gasteiger partial charge in [-0.05, 0) is 58.5 Å². The molecule has 2 aromatic carbocycles. The van der Waals surface area contributed by atoms with Crippen LogP contribution >= 0.6 is 34.4 Å². The van der Waals surface area contributed by atoms with Crippen LogP contribution in [0.1, 0.15) is 11.5 Å². The Morgan fingerprint density at radius 2 is 1.89 bits per heavy atom. The number of fused-ring (bicyclic) bond motifs is 1. The molecule has 3 heteroatoms. The highest BCUT2D eigenvalue weighted by molar-refractivity contribution is 14.1. The quantitative estimate of drug-likeness (QED) is 0.735. The van der Waals surface area contributed by atoms with E-state index in [1.54, 1.807) is 0 Å². The summed E-state index contributed by atoms with van der Waals surface area (Å²) < 4.78 is 7.12. The summed E-state index contributed by atoms with van der Waals surface area (Å²) in [4.78, 5) is 1.41. The zero-order valence-corrected chi connectivity index (χ0v) is 12.8. The third-order valence-corrected chi connectivity index (χ3v) is 5.03. The first-order valence-corrected chi connectivity index (χ1v) is 7.99. The van der Waals surface area contributed by atoms with Gasteiger partial charge in [-0.3, -0.25) is 0 Å². The monoisotopic (exact) mass is 368 g/mol. The first-order chi connectivity index (χ1) is 8.83. The molecule has 1 heterocycles. The van der Waals surface area contributed by atoms with Crippen LogP contribution in [0.25, 0.3) is 0 Å². The summed E-state index contributed by atoms with van der Waals surface area (Å²) >= 11 is 4.24. The van der Waals surface area contributed by atoms with E-state index in [9.17, 15) is 0 Å². The SMILES string of the molecule is Ic1ccc(OCC2CSc3ccccc32)cc1. The molecule has 0 saturated carbocycles. The smallest absolute Gasteiger partial charge is 0.119 e. The fourth-order valence-corrected chi connectivity index (χ4v) is 3.69. The van der Waals surface area contributed by atoms with Gasteiger partial charge in [-0.1, -0.05) is 18.2 Å². The van der Waals surface area contributed by atoms with Crippen molar-refractivity contribution < 1.29 is 4.74 Å². The molecule has 2 aromatic rings. The van der Waals surface area contributed by atoms with E-state index < -0.39 is 0 Å². The van der Waals surface area contributed by atoms with Crippen LogP contribution in [-0.2, 0) is 0 Å². The second kappa shape index (κ2) is 5.53. The standard InChI is InChI=1S/C15H13IOS/c16-12-5-7-13(8-6-12)17-9-11-10-18-15-4-2-1-3-14(11)15/h1-8,11H,9-10H2. The highest BCUT2D eigenvalue weighted by atomic mass is 127. The summed E-state index contributed by atoms with van der Waals surface area (Å²) in [7, 11) is 0. The fourth-order valence-electron chi connectivity index (χ4n) is 2.09. The maximum atomic E-state index is 5.89. The van der Waals surface area contributed by atoms with Crippen LogP contribution in [0.4, 0.5) is 0 Å². The van der Waals surface area contributed by atoms with Crippen molar-refractivity contribution in [2.75, 3.05) is 12.4 Å². The van der Waals surface area contributed by atoms with Crippen molar-refractivity contribution in [2.24, 2.45) is 0 Å². The molecule has 1 unspecified atom stereocenters. The zero-order chi connectivity index (χ0) is 12.4. The van der Waals surface area contributed by atoms with Gasteiger partial charge >= 0.3 is 0 Å². The van der Waals surface area contributed by atoms with Crippen LogP contribution in [0.5, 0.6) is 5.75 Å². The van der Waals surface area contributed by atoms with E-state index in [1.807, 2.05) is 23.9 Å². The van der Waals surface area contributed by atoms with Crippen molar-refractivity contribution in [1.82, 2.24) is 0 Å². The van der Waals surface area contributed by atoms with Crippen molar-refractivity contribution >= 4 is 34.4 Å². The molecule has 0 saturated heterocycles. The molecular weight excluding hydrogens is 355 g/mol. The van der Waals surface area contributed by atoms with Crippen molar-refractivity contribution in [3.8, 4) is 5.75 Å². The van der Waals surface area contributed by atoms with Gasteiger partial charge in [0.25, 0.3) is 0 Å². The summed E-state index contributed by atoms with van der Waals surface area (Å²) in [5.41, 5.74) is 1.44. The summed E-state index contributed by atoms with van der Waals surface area (Å²) in [5.74, 6) is 2.61. The Bertz CT molecular complexity index is 538. The molecule has 1 aliphatic heterocycles. The zero-order valence-electron chi connectivity index (χ0n) is 9.80. The van der Waals surface area contributed by atoms with E-state index in [4.69, 9.17) is 4.74 Å². The second-order valence-corrected chi connectivity index (χ2v) is 6.62. The van der Waals surface area contributed by atoms with Crippen LogP contribution in [0.15, 0.2) is 53.4 Å². The molecule has 0 radical (unpaired) electrons. The predicted molar refractivity (Wildman–Crippen MR) is 84.6 cm³/mol. The van der Waals surface area contributed by atoms with E-state index in [-0.39, 0.29) is 0 Å². The molecule has 0 aliphatic carbocycles. The van der Waals surface area contributed by atoms with Crippen LogP contribution in [0.2, 0.25) is 0 Å². The van der Waals surface area contributed by atoms with Crippen molar-refractivity contribution in [3.05, 3.63) is 57.7 Å². The van der Waals surface area contributed by atoms with E-state index in [0.717, 1.165) is 18.1 Å². The average Bonchev–Trinajstić information content (AvgIpc) is 2.82. The van der Waals surface area contributed by atoms with Gasteiger partial charge in [-0.25, -0.2) is 0 Å². The fraction of sp³-hybridized carbons (Fsp3) is 0.200. The van der Waals surface area contributed by atoms with Gasteiger partial charge in [-0.15, -0.1) is 11.8 Å². The Morgan fingerprint density at radius 3 is 2.72 bits per heavy atom. The van der Waals surface area contributed by atoms with Gasteiger partial charge in [0.1, 0.15) is 5.75 Å². The number of thioether (sulfide) groups is 1. The lowest BCUT2D eigenvalue weighted by atomic mass is 10.0. The largest absolute Gasteiger partial charge is 0.493 e. The molecule has 0 aromatic heterocycles. The highest BCUT2D eigenvalue weighted by Crippen LogP contribution is 2.39. The molecule has 0 spiro atoms. The van der Waals surface area contributed by atoms with Gasteiger partial charge in [0.2, 0.25) is 0 Å². The van der Waals surface area contributed by atoms with Gasteiger partial charge < -0.3 is 4.74 Å². The molecule has 1 nitrogen and oxygen atoms in total. The molecule has 0 amide bonds. The second-order valence-electron chi connectivity index (χ2n) is 4.31. The van der Waals surface area contributed by atoms with Crippen LogP contribution in [-0.4, -0.2) is 12.4 Å².